The predicted molar refractivity (Wildman–Crippen MR) is 295 cm³/mol. The highest BCUT2D eigenvalue weighted by atomic mass is 33.1. The Morgan fingerprint density at radius 1 is 0.714 bits per heavy atom. The molecule has 4 unspecified atom stereocenters. The number of carbonyl (C=O) groups excluding carboxylic acids is 7. The number of nitrogens with one attached hydrogen (secondary N) is 8. The zero-order chi connectivity index (χ0) is 55.8. The van der Waals surface area contributed by atoms with Crippen LogP contribution in [0.2, 0.25) is 0 Å². The van der Waals surface area contributed by atoms with Gasteiger partial charge in [-0.3, -0.25) is 33.6 Å². The molecule has 1 aliphatic rings. The molecule has 1 aliphatic heterocycles. The second kappa shape index (κ2) is 28.3. The minimum absolute atomic E-state index is 0.0556. The molecule has 0 bridgehead atoms. The van der Waals surface area contributed by atoms with E-state index in [-0.39, 0.29) is 49.5 Å². The fraction of sp³-hybridized carbons (Fsp3) is 0.407. The first-order chi connectivity index (χ1) is 36.8. The van der Waals surface area contributed by atoms with Crippen LogP contribution in [0.3, 0.4) is 0 Å². The van der Waals surface area contributed by atoms with Crippen LogP contribution < -0.4 is 48.7 Å². The van der Waals surface area contributed by atoms with Crippen LogP contribution in [0.15, 0.2) is 97.2 Å². The normalized spacial score (nSPS) is 21.6. The highest BCUT2D eigenvalue weighted by Crippen LogP contribution is 2.25. The number of carbonyl (C=O) groups is 8. The van der Waals surface area contributed by atoms with Gasteiger partial charge >= 0.3 is 5.97 Å². The topological polar surface area (TPSA) is 349 Å². The molecule has 9 atom stereocenters. The van der Waals surface area contributed by atoms with E-state index in [9.17, 15) is 53.7 Å². The van der Waals surface area contributed by atoms with Gasteiger partial charge in [0.25, 0.3) is 0 Å². The number of aliphatic hydroxyl groups excluding tert-OH is 1. The fourth-order valence-corrected chi connectivity index (χ4v) is 11.0. The van der Waals surface area contributed by atoms with E-state index in [1.807, 2.05) is 66.7 Å². The van der Waals surface area contributed by atoms with E-state index in [2.05, 4.69) is 42.2 Å². The van der Waals surface area contributed by atoms with Crippen LogP contribution in [0.5, 0.6) is 5.75 Å². The van der Waals surface area contributed by atoms with Gasteiger partial charge in [0.05, 0.1) is 12.1 Å². The number of carboxylic acids is 1. The number of phenolic OH excluding ortho intramolecular Hbond substituents is 1. The molecule has 0 radical (unpaired) electrons. The van der Waals surface area contributed by atoms with Gasteiger partial charge in [-0.1, -0.05) is 108 Å². The Morgan fingerprint density at radius 2 is 1.34 bits per heavy atom. The molecular formula is C54H68N10O11S2. The number of hydrogen-bond donors (Lipinski definition) is 13. The Kier molecular flexibility index (Phi) is 21.7. The molecule has 1 fully saturated rings. The van der Waals surface area contributed by atoms with E-state index < -0.39 is 108 Å². The number of aliphatic carboxylic acids is 1. The minimum atomic E-state index is -1.77. The lowest BCUT2D eigenvalue weighted by atomic mass is 10.00. The number of fused-ring (bicyclic) bond motifs is 2. The summed E-state index contributed by atoms with van der Waals surface area (Å²) in [4.78, 5) is 116. The first kappa shape index (κ1) is 59.1. The van der Waals surface area contributed by atoms with Gasteiger partial charge in [-0.25, -0.2) is 4.79 Å². The van der Waals surface area contributed by atoms with Gasteiger partial charge in [-0.2, -0.15) is 0 Å². The zero-order valence-corrected chi connectivity index (χ0v) is 44.6. The Bertz CT molecular complexity index is 2890. The molecule has 0 aliphatic carbocycles. The van der Waals surface area contributed by atoms with Gasteiger partial charge < -0.3 is 69.0 Å². The molecule has 77 heavy (non-hydrogen) atoms. The minimum Gasteiger partial charge on any atom is -0.508 e. The van der Waals surface area contributed by atoms with Crippen LogP contribution in [0.1, 0.15) is 56.7 Å². The molecule has 1 saturated heterocycles. The lowest BCUT2D eigenvalue weighted by Crippen LogP contribution is -2.62. The highest BCUT2D eigenvalue weighted by Gasteiger charge is 2.37. The second-order valence-corrected chi connectivity index (χ2v) is 21.9. The summed E-state index contributed by atoms with van der Waals surface area (Å²) >= 11 is 0. The van der Waals surface area contributed by atoms with Crippen LogP contribution in [0.25, 0.3) is 21.7 Å². The summed E-state index contributed by atoms with van der Waals surface area (Å²) in [6, 6.07) is 15.3. The Morgan fingerprint density at radius 3 is 2.03 bits per heavy atom. The lowest BCUT2D eigenvalue weighted by Gasteiger charge is -2.29. The first-order valence-electron chi connectivity index (χ1n) is 25.4. The molecule has 2 heterocycles. The maximum atomic E-state index is 14.9. The average molecular weight is 1100 g/mol. The summed E-state index contributed by atoms with van der Waals surface area (Å²) in [5.74, 6) is -8.42. The molecule has 15 N–H and O–H groups in total. The molecule has 7 amide bonds. The molecule has 6 rings (SSSR count). The van der Waals surface area contributed by atoms with Crippen molar-refractivity contribution in [2.24, 2.45) is 17.4 Å². The molecule has 0 spiro atoms. The van der Waals surface area contributed by atoms with Crippen LogP contribution in [-0.2, 0) is 57.6 Å². The molecule has 21 nitrogen and oxygen atoms in total. The SMILES string of the molecule is CC(C)C1NC(=O)[C@H](CCCCN)NC(=O)C(Cc2c[nH]c3ccccc23)NC(=O)[C@H](Cc2ccc(O)cc2)NC(=O)C(NC(=O)[C@H](N)Cc2ccc3ccccc3c2)CSSCC(C(=O)N[C@H](C(=O)O)[C@@H](C)O)NC1=O. The van der Waals surface area contributed by atoms with Crippen LogP contribution >= 0.6 is 21.6 Å². The standard InChI is InChI=1S/C54H68N10O11S2/c1-29(2)45-53(73)62-44(52(72)64-46(30(3)65)54(74)75)28-77-76-27-43(61-47(67)38(56)23-32-15-18-33-10-4-5-11-34(33)22-32)51(71)59-41(24-31-16-19-36(66)20-17-31)49(69)60-42(25-35-26-57-39-13-7-6-12-37(35)39)50(70)58-40(48(68)63-45)14-8-9-21-55/h4-7,10-13,15-20,22,26,29-30,38,40-46,57,65-66H,8-9,14,21,23-25,27-28,55-56H2,1-3H3,(H,58,70)(H,59,71)(H,60,69)(H,61,67)(H,62,73)(H,63,68)(H,64,72)(H,74,75)/t30-,38-,40+,41+,42?,43?,44?,45?,46+/m1/s1. The molecule has 412 valence electrons. The molecule has 23 heteroatoms. The largest absolute Gasteiger partial charge is 0.508 e. The second-order valence-electron chi connectivity index (χ2n) is 19.4. The third kappa shape index (κ3) is 16.9. The number of phenols is 1. The number of hydrogen-bond acceptors (Lipinski definition) is 14. The van der Waals surface area contributed by atoms with Crippen molar-refractivity contribution in [2.45, 2.75) is 114 Å². The van der Waals surface area contributed by atoms with E-state index >= 15 is 0 Å². The number of rotatable bonds is 17. The predicted octanol–water partition coefficient (Wildman–Crippen LogP) is 1.42. The molecular weight excluding hydrogens is 1030 g/mol. The van der Waals surface area contributed by atoms with Gasteiger partial charge in [0.1, 0.15) is 42.0 Å². The molecule has 4 aromatic carbocycles. The van der Waals surface area contributed by atoms with Gasteiger partial charge in [0.2, 0.25) is 41.4 Å². The quantitative estimate of drug-likeness (QED) is 0.0463. The molecule has 0 saturated carbocycles. The van der Waals surface area contributed by atoms with Gasteiger partial charge in [0, 0.05) is 41.4 Å². The van der Waals surface area contributed by atoms with Gasteiger partial charge in [0.15, 0.2) is 6.04 Å². The number of aromatic nitrogens is 1. The van der Waals surface area contributed by atoms with Crippen LogP contribution in [-0.4, -0.2) is 140 Å². The van der Waals surface area contributed by atoms with Crippen LogP contribution in [0, 0.1) is 5.92 Å². The Labute approximate surface area is 453 Å². The van der Waals surface area contributed by atoms with Crippen molar-refractivity contribution in [1.82, 2.24) is 42.2 Å². The molecule has 5 aromatic rings. The maximum Gasteiger partial charge on any atom is 0.328 e. The van der Waals surface area contributed by atoms with E-state index in [0.717, 1.165) is 48.8 Å². The Balaban J connectivity index is 1.39. The van der Waals surface area contributed by atoms with E-state index in [1.165, 1.54) is 19.1 Å². The van der Waals surface area contributed by atoms with Gasteiger partial charge in [-0.05, 0) is 90.7 Å². The van der Waals surface area contributed by atoms with Crippen molar-refractivity contribution in [3.63, 3.8) is 0 Å². The number of aliphatic hydroxyl groups is 1. The third-order valence-electron chi connectivity index (χ3n) is 13.0. The number of aromatic hydroxyl groups is 1. The number of para-hydroxylation sites is 1. The maximum absolute atomic E-state index is 14.9. The summed E-state index contributed by atoms with van der Waals surface area (Å²) in [6.07, 6.45) is 0.867. The van der Waals surface area contributed by atoms with Crippen molar-refractivity contribution in [3.8, 4) is 5.75 Å². The van der Waals surface area contributed by atoms with Crippen LogP contribution in [0.4, 0.5) is 0 Å². The molecule has 1 aromatic heterocycles. The van der Waals surface area contributed by atoms with Crippen molar-refractivity contribution < 1.29 is 53.7 Å². The number of benzene rings is 4. The number of carboxylic acid groups (broad SMARTS) is 1. The smallest absolute Gasteiger partial charge is 0.328 e. The highest BCUT2D eigenvalue weighted by molar-refractivity contribution is 8.76. The summed E-state index contributed by atoms with van der Waals surface area (Å²) in [7, 11) is 1.97. The summed E-state index contributed by atoms with van der Waals surface area (Å²) in [5.41, 5.74) is 15.0. The first-order valence-corrected chi connectivity index (χ1v) is 27.8. The monoisotopic (exact) mass is 1100 g/mol. The zero-order valence-electron chi connectivity index (χ0n) is 43.0. The Hall–Kier alpha value is -7.18. The van der Waals surface area contributed by atoms with Crippen molar-refractivity contribution >= 4 is 90.6 Å². The van der Waals surface area contributed by atoms with Gasteiger partial charge in [-0.15, -0.1) is 0 Å². The number of amides is 7. The summed E-state index contributed by atoms with van der Waals surface area (Å²) in [6.45, 7) is 4.73. The van der Waals surface area contributed by atoms with E-state index in [0.29, 0.717) is 24.0 Å². The lowest BCUT2D eigenvalue weighted by molar-refractivity contribution is -0.145. The fourth-order valence-electron chi connectivity index (χ4n) is 8.67. The number of H-pyrrole nitrogens is 1. The van der Waals surface area contributed by atoms with E-state index in [1.54, 1.807) is 32.2 Å². The van der Waals surface area contributed by atoms with E-state index in [4.69, 9.17) is 11.5 Å². The average Bonchev–Trinajstić information content (AvgIpc) is 3.81. The van der Waals surface area contributed by atoms with Crippen molar-refractivity contribution in [3.05, 3.63) is 114 Å². The third-order valence-corrected chi connectivity index (χ3v) is 15.5. The number of nitrogens with two attached hydrogens (primary N) is 2. The summed E-state index contributed by atoms with van der Waals surface area (Å²) < 4.78 is 0. The number of unbranched alkanes of at least 4 members (excludes halogenated alkanes) is 1. The number of aromatic amines is 1. The van der Waals surface area contributed by atoms with Crippen molar-refractivity contribution in [2.75, 3.05) is 18.1 Å². The summed E-state index contributed by atoms with van der Waals surface area (Å²) in [5, 5.41) is 51.6. The van der Waals surface area contributed by atoms with Crippen molar-refractivity contribution in [1.29, 1.82) is 0 Å².